The van der Waals surface area contributed by atoms with Crippen LogP contribution in [-0.4, -0.2) is 16.8 Å². The zero-order valence-corrected chi connectivity index (χ0v) is 13.2. The van der Waals surface area contributed by atoms with Crippen LogP contribution in [0.25, 0.3) is 0 Å². The lowest BCUT2D eigenvalue weighted by atomic mass is 9.97. The predicted octanol–water partition coefficient (Wildman–Crippen LogP) is 3.47. The molecule has 114 valence electrons. The number of nitrogens with one attached hydrogen (secondary N) is 1. The number of nitrogens with zero attached hydrogens (tertiary/aromatic N) is 2. The summed E-state index contributed by atoms with van der Waals surface area (Å²) >= 11 is 6.22. The van der Waals surface area contributed by atoms with E-state index in [2.05, 4.69) is 10.4 Å². The Morgan fingerprint density at radius 1 is 1.29 bits per heavy atom. The lowest BCUT2D eigenvalue weighted by Crippen LogP contribution is -2.21. The van der Waals surface area contributed by atoms with Gasteiger partial charge in [-0.25, -0.2) is 8.78 Å². The molecule has 0 bridgehead atoms. The maximum atomic E-state index is 14.0. The zero-order chi connectivity index (χ0) is 15.7. The molecule has 1 atom stereocenters. The Balaban J connectivity index is 2.39. The summed E-state index contributed by atoms with van der Waals surface area (Å²) in [4.78, 5) is 0. The predicted molar refractivity (Wildman–Crippen MR) is 79.6 cm³/mol. The molecule has 0 saturated carbocycles. The van der Waals surface area contributed by atoms with Crippen molar-refractivity contribution in [2.75, 3.05) is 7.05 Å². The molecule has 3 nitrogen and oxygen atoms in total. The number of halogens is 3. The first-order valence-corrected chi connectivity index (χ1v) is 7.03. The Bertz CT molecular complexity index is 667. The summed E-state index contributed by atoms with van der Waals surface area (Å²) in [6.45, 7) is 3.48. The first kappa shape index (κ1) is 15.9. The van der Waals surface area contributed by atoms with Crippen molar-refractivity contribution in [1.29, 1.82) is 0 Å². The highest BCUT2D eigenvalue weighted by Gasteiger charge is 2.21. The summed E-state index contributed by atoms with van der Waals surface area (Å²) in [5.41, 5.74) is 2.51. The lowest BCUT2D eigenvalue weighted by molar-refractivity contribution is 0.518. The smallest absolute Gasteiger partial charge is 0.130 e. The molecule has 1 unspecified atom stereocenters. The van der Waals surface area contributed by atoms with Crippen LogP contribution in [0.4, 0.5) is 8.78 Å². The van der Waals surface area contributed by atoms with E-state index in [9.17, 15) is 8.78 Å². The molecule has 0 aliphatic heterocycles. The second kappa shape index (κ2) is 6.12. The Kier molecular flexibility index (Phi) is 4.64. The maximum absolute atomic E-state index is 14.0. The minimum Gasteiger partial charge on any atom is -0.313 e. The lowest BCUT2D eigenvalue weighted by Gasteiger charge is -2.18. The van der Waals surface area contributed by atoms with Crippen molar-refractivity contribution in [2.45, 2.75) is 26.3 Å². The summed E-state index contributed by atoms with van der Waals surface area (Å²) < 4.78 is 29.0. The van der Waals surface area contributed by atoms with Crippen molar-refractivity contribution < 1.29 is 8.78 Å². The Hall–Kier alpha value is -1.46. The van der Waals surface area contributed by atoms with E-state index in [-0.39, 0.29) is 6.04 Å². The summed E-state index contributed by atoms with van der Waals surface area (Å²) in [6, 6.07) is 2.16. The largest absolute Gasteiger partial charge is 0.313 e. The standard InChI is InChI=1S/C15H18ClF2N3/c1-8-5-11(13(18)7-12(8)17)14(19-3)6-10-9(2)20-21(4)15(10)16/h5,7,14,19H,6H2,1-4H3. The number of rotatable bonds is 4. The molecule has 0 aliphatic rings. The van der Waals surface area contributed by atoms with E-state index in [1.54, 1.807) is 25.7 Å². The van der Waals surface area contributed by atoms with Crippen LogP contribution in [0.2, 0.25) is 5.15 Å². The number of benzene rings is 1. The van der Waals surface area contributed by atoms with Gasteiger partial charge in [-0.2, -0.15) is 5.10 Å². The van der Waals surface area contributed by atoms with Gasteiger partial charge in [0.1, 0.15) is 16.8 Å². The molecule has 0 spiro atoms. The monoisotopic (exact) mass is 313 g/mol. The summed E-state index contributed by atoms with van der Waals surface area (Å²) in [6.07, 6.45) is 0.483. The molecule has 2 rings (SSSR count). The molecule has 2 aromatic rings. The Morgan fingerprint density at radius 3 is 2.48 bits per heavy atom. The average molecular weight is 314 g/mol. The van der Waals surface area contributed by atoms with Gasteiger partial charge in [0.2, 0.25) is 0 Å². The molecular weight excluding hydrogens is 296 g/mol. The number of aromatic nitrogens is 2. The van der Waals surface area contributed by atoms with Crippen LogP contribution in [0.1, 0.15) is 28.4 Å². The molecule has 0 amide bonds. The quantitative estimate of drug-likeness (QED) is 0.936. The molecule has 6 heteroatoms. The molecule has 21 heavy (non-hydrogen) atoms. The summed E-state index contributed by atoms with van der Waals surface area (Å²) in [7, 11) is 3.50. The van der Waals surface area contributed by atoms with Gasteiger partial charge in [-0.3, -0.25) is 4.68 Å². The van der Waals surface area contributed by atoms with Gasteiger partial charge in [-0.1, -0.05) is 11.6 Å². The van der Waals surface area contributed by atoms with Gasteiger partial charge in [0.15, 0.2) is 0 Å². The normalized spacial score (nSPS) is 12.7. The molecule has 1 heterocycles. The van der Waals surface area contributed by atoms with Gasteiger partial charge >= 0.3 is 0 Å². The fourth-order valence-electron chi connectivity index (χ4n) is 2.42. The highest BCUT2D eigenvalue weighted by atomic mass is 35.5. The van der Waals surface area contributed by atoms with Gasteiger partial charge in [-0.05, 0) is 38.9 Å². The van der Waals surface area contributed by atoms with E-state index in [1.807, 2.05) is 6.92 Å². The van der Waals surface area contributed by atoms with Crippen molar-refractivity contribution in [2.24, 2.45) is 7.05 Å². The van der Waals surface area contributed by atoms with E-state index in [0.717, 1.165) is 17.3 Å². The van der Waals surface area contributed by atoms with Crippen molar-refractivity contribution >= 4 is 11.6 Å². The second-order valence-corrected chi connectivity index (χ2v) is 5.50. The molecule has 0 fully saturated rings. The van der Waals surface area contributed by atoms with E-state index < -0.39 is 11.6 Å². The van der Waals surface area contributed by atoms with Crippen molar-refractivity contribution in [3.63, 3.8) is 0 Å². The molecule has 0 radical (unpaired) electrons. The third-order valence-electron chi connectivity index (χ3n) is 3.68. The van der Waals surface area contributed by atoms with Crippen LogP contribution in [0, 0.1) is 25.5 Å². The fraction of sp³-hybridized carbons (Fsp3) is 0.400. The number of hydrogen-bond acceptors (Lipinski definition) is 2. The first-order valence-electron chi connectivity index (χ1n) is 6.66. The van der Waals surface area contributed by atoms with Crippen LogP contribution >= 0.6 is 11.6 Å². The summed E-state index contributed by atoms with van der Waals surface area (Å²) in [5.74, 6) is -1.10. The second-order valence-electron chi connectivity index (χ2n) is 5.15. The molecule has 1 aromatic heterocycles. The maximum Gasteiger partial charge on any atom is 0.130 e. The van der Waals surface area contributed by atoms with Gasteiger partial charge in [0.25, 0.3) is 0 Å². The average Bonchev–Trinajstić information content (AvgIpc) is 2.66. The van der Waals surface area contributed by atoms with Crippen molar-refractivity contribution in [3.8, 4) is 0 Å². The van der Waals surface area contributed by atoms with Gasteiger partial charge in [0.05, 0.1) is 5.69 Å². The highest BCUT2D eigenvalue weighted by molar-refractivity contribution is 6.30. The van der Waals surface area contributed by atoms with Gasteiger partial charge in [-0.15, -0.1) is 0 Å². The molecule has 1 aromatic carbocycles. The molecular formula is C15H18ClF2N3. The van der Waals surface area contributed by atoms with Crippen LogP contribution in [0.5, 0.6) is 0 Å². The van der Waals surface area contributed by atoms with Crippen molar-refractivity contribution in [1.82, 2.24) is 15.1 Å². The molecule has 0 aliphatic carbocycles. The van der Waals surface area contributed by atoms with Crippen LogP contribution in [-0.2, 0) is 13.5 Å². The van der Waals surface area contributed by atoms with Crippen LogP contribution in [0.15, 0.2) is 12.1 Å². The molecule has 1 N–H and O–H groups in total. The first-order chi connectivity index (χ1) is 9.85. The SMILES string of the molecule is CNC(Cc1c(C)nn(C)c1Cl)c1cc(C)c(F)cc1F. The Morgan fingerprint density at radius 2 is 1.95 bits per heavy atom. The van der Waals surface area contributed by atoms with E-state index in [0.29, 0.717) is 22.7 Å². The third kappa shape index (κ3) is 3.09. The summed E-state index contributed by atoms with van der Waals surface area (Å²) in [5, 5.41) is 7.84. The van der Waals surface area contributed by atoms with Gasteiger partial charge in [0, 0.05) is 30.3 Å². The third-order valence-corrected chi connectivity index (χ3v) is 4.15. The number of likely N-dealkylation sites (N-methyl/N-ethyl adjacent to an activating group) is 1. The number of hydrogen-bond donors (Lipinski definition) is 1. The minimum absolute atomic E-state index is 0.301. The number of aryl methyl sites for hydroxylation is 3. The van der Waals surface area contributed by atoms with Gasteiger partial charge < -0.3 is 5.32 Å². The fourth-order valence-corrected chi connectivity index (χ4v) is 2.68. The van der Waals surface area contributed by atoms with E-state index in [4.69, 9.17) is 11.6 Å². The zero-order valence-electron chi connectivity index (χ0n) is 12.5. The van der Waals surface area contributed by atoms with E-state index in [1.165, 1.54) is 6.07 Å². The minimum atomic E-state index is -0.560. The van der Waals surface area contributed by atoms with E-state index >= 15 is 0 Å². The highest BCUT2D eigenvalue weighted by Crippen LogP contribution is 2.28. The van der Waals surface area contributed by atoms with Crippen LogP contribution < -0.4 is 5.32 Å². The Labute approximate surface area is 127 Å². The van der Waals surface area contributed by atoms with Crippen LogP contribution in [0.3, 0.4) is 0 Å². The topological polar surface area (TPSA) is 29.9 Å². The van der Waals surface area contributed by atoms with Crippen molar-refractivity contribution in [3.05, 3.63) is 51.3 Å². The molecule has 0 saturated heterocycles.